The average Bonchev–Trinajstić information content (AvgIpc) is 2.88. The second-order valence-corrected chi connectivity index (χ2v) is 4.48. The van der Waals surface area contributed by atoms with Crippen LogP contribution in [0.3, 0.4) is 0 Å². The zero-order valence-electron chi connectivity index (χ0n) is 10.4. The van der Waals surface area contributed by atoms with Crippen molar-refractivity contribution in [2.45, 2.75) is 31.7 Å². The maximum atomic E-state index is 12.9. The van der Waals surface area contributed by atoms with Crippen LogP contribution >= 0.6 is 0 Å². The van der Waals surface area contributed by atoms with Crippen LogP contribution in [0.5, 0.6) is 5.75 Å². The number of halogens is 3. The maximum Gasteiger partial charge on any atom is 0.419 e. The highest BCUT2D eigenvalue weighted by Crippen LogP contribution is 2.37. The molecule has 2 N–H and O–H groups in total. The lowest BCUT2D eigenvalue weighted by atomic mass is 10.1. The molecule has 1 aromatic rings. The molecule has 1 aromatic carbocycles. The number of hydrogen-bond donors (Lipinski definition) is 1. The van der Waals surface area contributed by atoms with Crippen molar-refractivity contribution in [3.8, 4) is 5.75 Å². The van der Waals surface area contributed by atoms with E-state index in [-0.39, 0.29) is 25.0 Å². The summed E-state index contributed by atoms with van der Waals surface area (Å²) < 4.78 is 49.3. The first kappa shape index (κ1) is 14.1. The maximum absolute atomic E-state index is 12.9. The van der Waals surface area contributed by atoms with Gasteiger partial charge in [0, 0.05) is 13.2 Å². The van der Waals surface area contributed by atoms with Gasteiger partial charge in [0.15, 0.2) is 0 Å². The van der Waals surface area contributed by atoms with E-state index in [1.165, 1.54) is 6.07 Å². The molecule has 1 unspecified atom stereocenters. The van der Waals surface area contributed by atoms with Gasteiger partial charge >= 0.3 is 6.18 Å². The van der Waals surface area contributed by atoms with Gasteiger partial charge in [-0.3, -0.25) is 0 Å². The fraction of sp³-hybridized carbons (Fsp3) is 0.538. The fourth-order valence-electron chi connectivity index (χ4n) is 2.01. The molecule has 3 nitrogen and oxygen atoms in total. The normalized spacial score (nSPS) is 19.7. The summed E-state index contributed by atoms with van der Waals surface area (Å²) in [6.45, 7) is 0.854. The third kappa shape index (κ3) is 3.61. The van der Waals surface area contributed by atoms with Gasteiger partial charge in [-0.25, -0.2) is 0 Å². The van der Waals surface area contributed by atoms with Crippen LogP contribution in [-0.2, 0) is 17.5 Å². The highest BCUT2D eigenvalue weighted by atomic mass is 19.4. The van der Waals surface area contributed by atoms with Gasteiger partial charge in [-0.15, -0.1) is 0 Å². The molecule has 0 radical (unpaired) electrons. The van der Waals surface area contributed by atoms with E-state index in [2.05, 4.69) is 0 Å². The van der Waals surface area contributed by atoms with Crippen LogP contribution in [0.15, 0.2) is 18.2 Å². The minimum atomic E-state index is -4.45. The second-order valence-electron chi connectivity index (χ2n) is 4.48. The van der Waals surface area contributed by atoms with Crippen LogP contribution in [0, 0.1) is 0 Å². The molecule has 1 atom stereocenters. The molecule has 1 saturated heterocycles. The molecule has 19 heavy (non-hydrogen) atoms. The molecule has 0 bridgehead atoms. The average molecular weight is 275 g/mol. The van der Waals surface area contributed by atoms with Crippen LogP contribution in [0.25, 0.3) is 0 Å². The van der Waals surface area contributed by atoms with Crippen LogP contribution in [-0.4, -0.2) is 19.3 Å². The van der Waals surface area contributed by atoms with Crippen molar-refractivity contribution in [3.63, 3.8) is 0 Å². The molecule has 0 aliphatic carbocycles. The predicted octanol–water partition coefficient (Wildman–Crippen LogP) is 2.72. The summed E-state index contributed by atoms with van der Waals surface area (Å²) in [6, 6.07) is 3.89. The van der Waals surface area contributed by atoms with E-state index >= 15 is 0 Å². The Morgan fingerprint density at radius 2 is 2.16 bits per heavy atom. The molecular formula is C13H16F3NO2. The number of benzene rings is 1. The SMILES string of the molecule is NCc1ccc(OCC2CCCO2)c(C(F)(F)F)c1. The molecule has 1 aliphatic heterocycles. The number of hydrogen-bond acceptors (Lipinski definition) is 3. The van der Waals surface area contributed by atoms with Crippen molar-refractivity contribution >= 4 is 0 Å². The van der Waals surface area contributed by atoms with Gasteiger partial charge in [-0.2, -0.15) is 13.2 Å². The molecule has 0 amide bonds. The quantitative estimate of drug-likeness (QED) is 0.919. The Morgan fingerprint density at radius 1 is 1.37 bits per heavy atom. The molecule has 0 saturated carbocycles. The van der Waals surface area contributed by atoms with Gasteiger partial charge in [0.2, 0.25) is 0 Å². The fourth-order valence-corrected chi connectivity index (χ4v) is 2.01. The van der Waals surface area contributed by atoms with Gasteiger partial charge in [0.05, 0.1) is 11.7 Å². The van der Waals surface area contributed by atoms with Crippen molar-refractivity contribution in [2.75, 3.05) is 13.2 Å². The minimum Gasteiger partial charge on any atom is -0.490 e. The largest absolute Gasteiger partial charge is 0.490 e. The van der Waals surface area contributed by atoms with Crippen LogP contribution in [0.2, 0.25) is 0 Å². The van der Waals surface area contributed by atoms with Crippen molar-refractivity contribution in [1.29, 1.82) is 0 Å². The van der Waals surface area contributed by atoms with E-state index in [1.54, 1.807) is 6.07 Å². The Bertz CT molecular complexity index is 428. The van der Waals surface area contributed by atoms with E-state index in [1.807, 2.05) is 0 Å². The summed E-state index contributed by atoms with van der Waals surface area (Å²) in [5.74, 6) is -0.166. The van der Waals surface area contributed by atoms with E-state index in [0.717, 1.165) is 18.9 Å². The second kappa shape index (κ2) is 5.79. The molecule has 106 valence electrons. The molecule has 2 rings (SSSR count). The smallest absolute Gasteiger partial charge is 0.419 e. The number of ether oxygens (including phenoxy) is 2. The molecule has 1 aliphatic rings. The van der Waals surface area contributed by atoms with E-state index < -0.39 is 11.7 Å². The third-order valence-corrected chi connectivity index (χ3v) is 3.03. The van der Waals surface area contributed by atoms with Gasteiger partial charge in [-0.05, 0) is 30.5 Å². The zero-order chi connectivity index (χ0) is 13.9. The predicted molar refractivity (Wildman–Crippen MR) is 63.8 cm³/mol. The lowest BCUT2D eigenvalue weighted by Gasteiger charge is -2.17. The molecule has 1 fully saturated rings. The number of rotatable bonds is 4. The van der Waals surface area contributed by atoms with Gasteiger partial charge in [0.1, 0.15) is 12.4 Å². The van der Waals surface area contributed by atoms with Gasteiger partial charge in [0.25, 0.3) is 0 Å². The van der Waals surface area contributed by atoms with Crippen molar-refractivity contribution in [2.24, 2.45) is 5.73 Å². The number of alkyl halides is 3. The van der Waals surface area contributed by atoms with E-state index in [4.69, 9.17) is 15.2 Å². The lowest BCUT2D eigenvalue weighted by molar-refractivity contribution is -0.139. The first-order chi connectivity index (χ1) is 9.00. The summed E-state index contributed by atoms with van der Waals surface area (Å²) in [4.78, 5) is 0. The Morgan fingerprint density at radius 3 is 2.74 bits per heavy atom. The minimum absolute atomic E-state index is 0.0646. The summed E-state index contributed by atoms with van der Waals surface area (Å²) in [6.07, 6.45) is -2.82. The Hall–Kier alpha value is -1.27. The highest BCUT2D eigenvalue weighted by Gasteiger charge is 2.34. The first-order valence-corrected chi connectivity index (χ1v) is 6.15. The Kier molecular flexibility index (Phi) is 4.31. The Balaban J connectivity index is 2.13. The summed E-state index contributed by atoms with van der Waals surface area (Å²) >= 11 is 0. The summed E-state index contributed by atoms with van der Waals surface area (Å²) in [5, 5.41) is 0. The van der Waals surface area contributed by atoms with Crippen LogP contribution < -0.4 is 10.5 Å². The summed E-state index contributed by atoms with van der Waals surface area (Å²) in [5.41, 5.74) is 5.00. The highest BCUT2D eigenvalue weighted by molar-refractivity contribution is 5.39. The topological polar surface area (TPSA) is 44.5 Å². The lowest BCUT2D eigenvalue weighted by Crippen LogP contribution is -2.18. The van der Waals surface area contributed by atoms with Crippen molar-refractivity contribution < 1.29 is 22.6 Å². The Labute approximate surface area is 109 Å². The van der Waals surface area contributed by atoms with Crippen molar-refractivity contribution in [3.05, 3.63) is 29.3 Å². The monoisotopic (exact) mass is 275 g/mol. The standard InChI is InChI=1S/C13H16F3NO2/c14-13(15,16)11-6-9(7-17)3-4-12(11)19-8-10-2-1-5-18-10/h3-4,6,10H,1-2,5,7-8,17H2. The van der Waals surface area contributed by atoms with E-state index in [9.17, 15) is 13.2 Å². The first-order valence-electron chi connectivity index (χ1n) is 6.15. The van der Waals surface area contributed by atoms with Crippen molar-refractivity contribution in [1.82, 2.24) is 0 Å². The molecule has 0 aromatic heterocycles. The molecule has 1 heterocycles. The summed E-state index contributed by atoms with van der Waals surface area (Å²) in [7, 11) is 0. The van der Waals surface area contributed by atoms with Crippen LogP contribution in [0.4, 0.5) is 13.2 Å². The van der Waals surface area contributed by atoms with E-state index in [0.29, 0.717) is 12.2 Å². The third-order valence-electron chi connectivity index (χ3n) is 3.03. The zero-order valence-corrected chi connectivity index (χ0v) is 10.4. The van der Waals surface area contributed by atoms with Gasteiger partial charge < -0.3 is 15.2 Å². The molecular weight excluding hydrogens is 259 g/mol. The molecule has 6 heteroatoms. The van der Waals surface area contributed by atoms with Crippen LogP contribution in [0.1, 0.15) is 24.0 Å². The molecule has 0 spiro atoms. The van der Waals surface area contributed by atoms with Gasteiger partial charge in [-0.1, -0.05) is 6.07 Å². The number of nitrogens with two attached hydrogens (primary N) is 1.